The van der Waals surface area contributed by atoms with Gasteiger partial charge < -0.3 is 9.67 Å². The van der Waals surface area contributed by atoms with E-state index in [1.807, 2.05) is 32.0 Å². The first-order chi connectivity index (χ1) is 12.8. The molecule has 0 spiro atoms. The topological polar surface area (TPSA) is 62.5 Å². The fourth-order valence-electron chi connectivity index (χ4n) is 3.25. The smallest absolute Gasteiger partial charge is 0.323 e. The molecule has 27 heavy (non-hydrogen) atoms. The Hall–Kier alpha value is -2.38. The van der Waals surface area contributed by atoms with Gasteiger partial charge in [-0.05, 0) is 49.6 Å². The van der Waals surface area contributed by atoms with Gasteiger partial charge in [-0.15, -0.1) is 0 Å². The Kier molecular flexibility index (Phi) is 5.53. The molecule has 1 aromatic heterocycles. The number of benzene rings is 1. The Balaban J connectivity index is 2.01. The minimum absolute atomic E-state index is 0.277. The first kappa shape index (κ1) is 19.4. The van der Waals surface area contributed by atoms with E-state index in [-0.39, 0.29) is 10.2 Å². The molecule has 0 unspecified atom stereocenters. The van der Waals surface area contributed by atoms with Crippen LogP contribution in [0.25, 0.3) is 11.8 Å². The van der Waals surface area contributed by atoms with E-state index in [1.165, 1.54) is 5.56 Å². The van der Waals surface area contributed by atoms with Crippen molar-refractivity contribution in [3.05, 3.63) is 57.8 Å². The second-order valence-corrected chi connectivity index (χ2v) is 7.98. The lowest BCUT2D eigenvalue weighted by Gasteiger charge is -2.14. The maximum Gasteiger partial charge on any atom is 0.323 e. The predicted octanol–water partition coefficient (Wildman–Crippen LogP) is 3.94. The Morgan fingerprint density at radius 3 is 2.67 bits per heavy atom. The van der Waals surface area contributed by atoms with Crippen LogP contribution in [-0.4, -0.2) is 37.3 Å². The number of amides is 1. The summed E-state index contributed by atoms with van der Waals surface area (Å²) < 4.78 is 2.46. The molecule has 2 aromatic rings. The summed E-state index contributed by atoms with van der Waals surface area (Å²) in [6.07, 6.45) is 2.73. The lowest BCUT2D eigenvalue weighted by Crippen LogP contribution is -2.33. The quantitative estimate of drug-likeness (QED) is 0.608. The molecule has 7 heteroatoms. The van der Waals surface area contributed by atoms with Crippen LogP contribution < -0.4 is 0 Å². The Morgan fingerprint density at radius 1 is 1.30 bits per heavy atom. The van der Waals surface area contributed by atoms with Gasteiger partial charge in [0.15, 0.2) is 0 Å². The summed E-state index contributed by atoms with van der Waals surface area (Å²) in [6.45, 7) is 5.77. The molecule has 0 radical (unpaired) electrons. The highest BCUT2D eigenvalue weighted by atomic mass is 32.2. The summed E-state index contributed by atoms with van der Waals surface area (Å²) in [5, 5.41) is 8.96. The number of aliphatic carboxylic acids is 1. The third-order valence-corrected chi connectivity index (χ3v) is 5.92. The minimum Gasteiger partial charge on any atom is -0.480 e. The van der Waals surface area contributed by atoms with Crippen LogP contribution in [0, 0.1) is 13.8 Å². The number of carbonyl (C=O) groups excluding carboxylic acids is 1. The van der Waals surface area contributed by atoms with Crippen LogP contribution >= 0.6 is 24.0 Å². The van der Waals surface area contributed by atoms with Crippen molar-refractivity contribution < 1.29 is 14.7 Å². The van der Waals surface area contributed by atoms with Gasteiger partial charge in [-0.1, -0.05) is 49.1 Å². The molecule has 0 saturated carbocycles. The van der Waals surface area contributed by atoms with E-state index in [1.54, 1.807) is 6.08 Å². The lowest BCUT2D eigenvalue weighted by atomic mass is 10.1. The average Bonchev–Trinajstić information content (AvgIpc) is 3.05. The number of nitrogens with zero attached hydrogens (tertiary/aromatic N) is 2. The molecule has 1 aliphatic heterocycles. The van der Waals surface area contributed by atoms with E-state index in [0.717, 1.165) is 45.7 Å². The van der Waals surface area contributed by atoms with Crippen LogP contribution in [0.1, 0.15) is 29.4 Å². The van der Waals surface area contributed by atoms with Crippen molar-refractivity contribution in [3.8, 4) is 5.69 Å². The van der Waals surface area contributed by atoms with Crippen molar-refractivity contribution in [1.82, 2.24) is 9.47 Å². The van der Waals surface area contributed by atoms with Crippen molar-refractivity contribution >= 4 is 46.3 Å². The third kappa shape index (κ3) is 3.70. The van der Waals surface area contributed by atoms with Gasteiger partial charge in [0, 0.05) is 17.1 Å². The first-order valence-electron chi connectivity index (χ1n) is 8.57. The molecule has 1 saturated heterocycles. The normalized spacial score (nSPS) is 15.8. The average molecular weight is 401 g/mol. The highest BCUT2D eigenvalue weighted by molar-refractivity contribution is 8.26. The monoisotopic (exact) mass is 400 g/mol. The van der Waals surface area contributed by atoms with Crippen LogP contribution in [-0.2, 0) is 16.0 Å². The zero-order chi connectivity index (χ0) is 19.7. The van der Waals surface area contributed by atoms with Crippen molar-refractivity contribution in [2.75, 3.05) is 6.54 Å². The zero-order valence-corrected chi connectivity index (χ0v) is 17.0. The fourth-order valence-corrected chi connectivity index (χ4v) is 4.49. The van der Waals surface area contributed by atoms with Gasteiger partial charge in [0.1, 0.15) is 10.9 Å². The number of aromatic nitrogens is 1. The van der Waals surface area contributed by atoms with Crippen molar-refractivity contribution in [3.63, 3.8) is 0 Å². The summed E-state index contributed by atoms with van der Waals surface area (Å²) in [4.78, 5) is 25.0. The molecule has 3 rings (SSSR count). The van der Waals surface area contributed by atoms with E-state index >= 15 is 0 Å². The third-order valence-electron chi connectivity index (χ3n) is 4.54. The SMILES string of the molecule is CCc1ccccc1-n1c(C)cc(C=C2SC(=S)N(CC(=O)O)C2=O)c1C. The van der Waals surface area contributed by atoms with Crippen molar-refractivity contribution in [2.24, 2.45) is 0 Å². The molecule has 1 aromatic carbocycles. The standard InChI is InChI=1S/C20H20N2O3S2/c1-4-14-7-5-6-8-16(14)22-12(2)9-15(13(22)3)10-17-19(25)21(11-18(23)24)20(26)27-17/h5-10H,4,11H2,1-3H3,(H,23,24). The van der Waals surface area contributed by atoms with E-state index in [9.17, 15) is 9.59 Å². The van der Waals surface area contributed by atoms with Crippen LogP contribution in [0.15, 0.2) is 35.2 Å². The summed E-state index contributed by atoms with van der Waals surface area (Å²) in [6, 6.07) is 10.3. The van der Waals surface area contributed by atoms with Crippen LogP contribution in [0.5, 0.6) is 0 Å². The second kappa shape index (κ2) is 7.70. The molecule has 0 aliphatic carbocycles. The number of hydrogen-bond acceptors (Lipinski definition) is 4. The Bertz CT molecular complexity index is 976. The van der Waals surface area contributed by atoms with E-state index in [4.69, 9.17) is 17.3 Å². The predicted molar refractivity (Wildman–Crippen MR) is 112 cm³/mol. The minimum atomic E-state index is -1.08. The van der Waals surface area contributed by atoms with Gasteiger partial charge in [0.05, 0.1) is 4.91 Å². The Morgan fingerprint density at radius 2 is 2.00 bits per heavy atom. The molecule has 5 nitrogen and oxygen atoms in total. The van der Waals surface area contributed by atoms with E-state index in [2.05, 4.69) is 23.6 Å². The Labute approximate surface area is 167 Å². The number of rotatable bonds is 5. The van der Waals surface area contributed by atoms with Gasteiger partial charge in [0.2, 0.25) is 0 Å². The summed E-state index contributed by atoms with van der Waals surface area (Å²) in [7, 11) is 0. The van der Waals surface area contributed by atoms with Crippen LogP contribution in [0.4, 0.5) is 0 Å². The van der Waals surface area contributed by atoms with Crippen LogP contribution in [0.2, 0.25) is 0 Å². The molecular weight excluding hydrogens is 380 g/mol. The molecule has 2 heterocycles. The number of carboxylic acid groups (broad SMARTS) is 1. The van der Waals surface area contributed by atoms with E-state index in [0.29, 0.717) is 4.91 Å². The lowest BCUT2D eigenvalue weighted by molar-refractivity contribution is -0.140. The molecule has 1 amide bonds. The van der Waals surface area contributed by atoms with Crippen molar-refractivity contribution in [1.29, 1.82) is 0 Å². The van der Waals surface area contributed by atoms with Gasteiger partial charge >= 0.3 is 5.97 Å². The highest BCUT2D eigenvalue weighted by Gasteiger charge is 2.33. The summed E-state index contributed by atoms with van der Waals surface area (Å²) in [5.74, 6) is -1.44. The molecule has 0 atom stereocenters. The zero-order valence-electron chi connectivity index (χ0n) is 15.4. The summed E-state index contributed by atoms with van der Waals surface area (Å²) >= 11 is 6.30. The van der Waals surface area contributed by atoms with Gasteiger partial charge in [-0.25, -0.2) is 0 Å². The number of carboxylic acids is 1. The second-order valence-electron chi connectivity index (χ2n) is 6.31. The maximum atomic E-state index is 12.5. The van der Waals surface area contributed by atoms with E-state index < -0.39 is 12.5 Å². The molecule has 1 fully saturated rings. The maximum absolute atomic E-state index is 12.5. The number of hydrogen-bond donors (Lipinski definition) is 1. The fraction of sp³-hybridized carbons (Fsp3) is 0.250. The van der Waals surface area contributed by atoms with Crippen molar-refractivity contribution in [2.45, 2.75) is 27.2 Å². The number of carbonyl (C=O) groups is 2. The van der Waals surface area contributed by atoms with Crippen LogP contribution in [0.3, 0.4) is 0 Å². The van der Waals surface area contributed by atoms with Gasteiger partial charge in [-0.2, -0.15) is 0 Å². The number of thiocarbonyl (C=S) groups is 1. The van der Waals surface area contributed by atoms with Gasteiger partial charge in [0.25, 0.3) is 5.91 Å². The molecule has 1 N–H and O–H groups in total. The summed E-state index contributed by atoms with van der Waals surface area (Å²) in [5.41, 5.74) is 5.40. The molecule has 140 valence electrons. The largest absolute Gasteiger partial charge is 0.480 e. The molecule has 1 aliphatic rings. The number of para-hydroxylation sites is 1. The van der Waals surface area contributed by atoms with Gasteiger partial charge in [-0.3, -0.25) is 14.5 Å². The highest BCUT2D eigenvalue weighted by Crippen LogP contribution is 2.34. The number of thioether (sulfide) groups is 1. The number of aryl methyl sites for hydroxylation is 2. The first-order valence-corrected chi connectivity index (χ1v) is 9.80. The molecular formula is C20H20N2O3S2. The molecule has 0 bridgehead atoms.